The summed E-state index contributed by atoms with van der Waals surface area (Å²) < 4.78 is 38.0. The van der Waals surface area contributed by atoms with Crippen LogP contribution in [-0.2, 0) is 23.8 Å². The number of hydrogen-bond acceptors (Lipinski definition) is 12. The Bertz CT molecular complexity index is 1840. The molecular formula is C47H54O12. The van der Waals surface area contributed by atoms with Crippen molar-refractivity contribution in [3.63, 3.8) is 0 Å². The molecule has 0 saturated heterocycles. The Morgan fingerprint density at radius 2 is 0.915 bits per heavy atom. The summed E-state index contributed by atoms with van der Waals surface area (Å²) in [6, 6.07) is 17.0. The smallest absolute Gasteiger partial charge is 0.343 e. The maximum absolute atomic E-state index is 13.1. The molecule has 12 heteroatoms. The Kier molecular flexibility index (Phi) is 22.4. The number of esters is 5. The third-order valence-corrected chi connectivity index (χ3v) is 8.68. The number of ether oxygens (including phenoxy) is 7. The molecule has 0 aliphatic heterocycles. The largest absolute Gasteiger partial charge is 0.494 e. The molecule has 59 heavy (non-hydrogen) atoms. The predicted octanol–water partition coefficient (Wildman–Crippen LogP) is 9.20. The molecule has 0 N–H and O–H groups in total. The van der Waals surface area contributed by atoms with E-state index in [-0.39, 0.29) is 41.2 Å². The average molecular weight is 811 g/mol. The summed E-state index contributed by atoms with van der Waals surface area (Å²) in [4.78, 5) is 61.3. The molecule has 3 rings (SSSR count). The van der Waals surface area contributed by atoms with Gasteiger partial charge in [0.2, 0.25) is 0 Å². The van der Waals surface area contributed by atoms with E-state index in [1.165, 1.54) is 18.2 Å². The van der Waals surface area contributed by atoms with Crippen LogP contribution in [0, 0.1) is 12.3 Å². The van der Waals surface area contributed by atoms with Crippen LogP contribution < -0.4 is 18.9 Å². The van der Waals surface area contributed by atoms with E-state index in [0.29, 0.717) is 37.9 Å². The molecule has 3 aromatic rings. The highest BCUT2D eigenvalue weighted by Gasteiger charge is 2.21. The first-order valence-electron chi connectivity index (χ1n) is 20.0. The second-order valence-electron chi connectivity index (χ2n) is 13.3. The number of unbranched alkanes of at least 4 members (excludes halogenated alkanes) is 10. The van der Waals surface area contributed by atoms with Crippen molar-refractivity contribution in [1.82, 2.24) is 0 Å². The lowest BCUT2D eigenvalue weighted by Gasteiger charge is -2.13. The van der Waals surface area contributed by atoms with Crippen LogP contribution in [0.4, 0.5) is 0 Å². The van der Waals surface area contributed by atoms with Crippen LogP contribution in [0.1, 0.15) is 115 Å². The maximum atomic E-state index is 13.1. The number of hydrogen-bond donors (Lipinski definition) is 0. The minimum atomic E-state index is -0.813. The quantitative estimate of drug-likeness (QED) is 0.0164. The average Bonchev–Trinajstić information content (AvgIpc) is 3.25. The molecule has 0 saturated carbocycles. The van der Waals surface area contributed by atoms with Crippen molar-refractivity contribution >= 4 is 29.8 Å². The van der Waals surface area contributed by atoms with E-state index in [1.807, 2.05) is 0 Å². The number of benzene rings is 3. The molecule has 3 aromatic carbocycles. The number of carbonyl (C=O) groups is 5. The van der Waals surface area contributed by atoms with Crippen molar-refractivity contribution in [1.29, 1.82) is 0 Å². The van der Waals surface area contributed by atoms with Crippen molar-refractivity contribution < 1.29 is 57.1 Å². The van der Waals surface area contributed by atoms with Crippen LogP contribution in [0.3, 0.4) is 0 Å². The van der Waals surface area contributed by atoms with Gasteiger partial charge in [-0.2, -0.15) is 0 Å². The Labute approximate surface area is 346 Å². The second kappa shape index (κ2) is 28.1. The van der Waals surface area contributed by atoms with Gasteiger partial charge < -0.3 is 33.2 Å². The molecule has 0 fully saturated rings. The van der Waals surface area contributed by atoms with E-state index < -0.39 is 29.8 Å². The van der Waals surface area contributed by atoms with Crippen molar-refractivity contribution in [3.05, 3.63) is 109 Å². The fourth-order valence-corrected chi connectivity index (χ4v) is 5.47. The van der Waals surface area contributed by atoms with Gasteiger partial charge in [-0.1, -0.05) is 64.5 Å². The predicted molar refractivity (Wildman–Crippen MR) is 222 cm³/mol. The number of rotatable bonds is 29. The molecule has 0 radical (unpaired) electrons. The third-order valence-electron chi connectivity index (χ3n) is 8.68. The molecular weight excluding hydrogens is 757 g/mol. The molecule has 0 atom stereocenters. The zero-order valence-corrected chi connectivity index (χ0v) is 33.6. The molecule has 0 bridgehead atoms. The van der Waals surface area contributed by atoms with Crippen LogP contribution in [0.5, 0.6) is 23.0 Å². The summed E-state index contributed by atoms with van der Waals surface area (Å²) >= 11 is 0. The van der Waals surface area contributed by atoms with Crippen LogP contribution in [0.15, 0.2) is 92.0 Å². The molecule has 314 valence electrons. The highest BCUT2D eigenvalue weighted by molar-refractivity contribution is 5.97. The minimum absolute atomic E-state index is 0.0323. The molecule has 0 aliphatic rings. The first-order valence-corrected chi connectivity index (χ1v) is 20.0. The summed E-state index contributed by atoms with van der Waals surface area (Å²) in [6.07, 6.45) is 19.3. The van der Waals surface area contributed by atoms with Crippen LogP contribution in [0.2, 0.25) is 0 Å². The highest BCUT2D eigenvalue weighted by atomic mass is 16.6. The molecule has 0 aliphatic carbocycles. The van der Waals surface area contributed by atoms with E-state index in [0.717, 1.165) is 89.2 Å². The highest BCUT2D eigenvalue weighted by Crippen LogP contribution is 2.28. The Hall–Kier alpha value is -6.35. The SMILES string of the molecule is C#CCCOC(=O)c1cc(OC(=O)c2ccc(OCCCCCCCCOC(=O)C=C)cc2)ccc1OC(=O)c1ccc(OCCCCCCCCOC(=O)C=C)cc1. The van der Waals surface area contributed by atoms with Crippen molar-refractivity contribution in [2.24, 2.45) is 0 Å². The lowest BCUT2D eigenvalue weighted by molar-refractivity contribution is -0.138. The van der Waals surface area contributed by atoms with E-state index >= 15 is 0 Å². The Morgan fingerprint density at radius 3 is 1.37 bits per heavy atom. The fourth-order valence-electron chi connectivity index (χ4n) is 5.47. The van der Waals surface area contributed by atoms with Gasteiger partial charge in [-0.15, -0.1) is 12.3 Å². The molecule has 0 spiro atoms. The van der Waals surface area contributed by atoms with Gasteiger partial charge in [-0.25, -0.2) is 24.0 Å². The fraction of sp³-hybridized carbons (Fsp3) is 0.383. The monoisotopic (exact) mass is 810 g/mol. The Balaban J connectivity index is 1.46. The van der Waals surface area contributed by atoms with Crippen LogP contribution in [0.25, 0.3) is 0 Å². The van der Waals surface area contributed by atoms with Gasteiger partial charge in [0.1, 0.15) is 35.2 Å². The number of carbonyl (C=O) groups excluding carboxylic acids is 5. The lowest BCUT2D eigenvalue weighted by Crippen LogP contribution is -2.14. The van der Waals surface area contributed by atoms with E-state index in [4.69, 9.17) is 39.6 Å². The standard InChI is InChI=1S/C47H54O12/c1-4-7-30-57-47(52)41-35-40(58-45(50)36-20-24-38(25-21-36)53-31-16-12-8-10-14-18-33-55-43(48)5-2)28-29-42(41)59-46(51)37-22-26-39(27-23-37)54-32-17-13-9-11-15-19-34-56-44(49)6-3/h1,5-6,20-29,35H,2-3,7-19,30-34H2. The van der Waals surface area contributed by atoms with Gasteiger partial charge in [-0.05, 0) is 92.4 Å². The normalized spacial score (nSPS) is 10.4. The summed E-state index contributed by atoms with van der Waals surface area (Å²) in [5, 5.41) is 0. The van der Waals surface area contributed by atoms with Crippen LogP contribution in [-0.4, -0.2) is 62.9 Å². The minimum Gasteiger partial charge on any atom is -0.494 e. The van der Waals surface area contributed by atoms with Crippen LogP contribution >= 0.6 is 0 Å². The van der Waals surface area contributed by atoms with Gasteiger partial charge in [-0.3, -0.25) is 0 Å². The van der Waals surface area contributed by atoms with Gasteiger partial charge >= 0.3 is 29.8 Å². The summed E-state index contributed by atoms with van der Waals surface area (Å²) in [5.41, 5.74) is 0.354. The lowest BCUT2D eigenvalue weighted by atomic mass is 10.1. The molecule has 12 nitrogen and oxygen atoms in total. The van der Waals surface area contributed by atoms with Gasteiger partial charge in [0.05, 0.1) is 37.6 Å². The summed E-state index contributed by atoms with van der Waals surface area (Å²) in [7, 11) is 0. The third kappa shape index (κ3) is 19.1. The van der Waals surface area contributed by atoms with E-state index in [9.17, 15) is 24.0 Å². The molecule has 0 heterocycles. The second-order valence-corrected chi connectivity index (χ2v) is 13.3. The Morgan fingerprint density at radius 1 is 0.492 bits per heavy atom. The summed E-state index contributed by atoms with van der Waals surface area (Å²) in [5.74, 6) is 0.536. The maximum Gasteiger partial charge on any atom is 0.343 e. The van der Waals surface area contributed by atoms with Gasteiger partial charge in [0.15, 0.2) is 0 Å². The van der Waals surface area contributed by atoms with Crippen molar-refractivity contribution in [3.8, 4) is 35.3 Å². The van der Waals surface area contributed by atoms with Crippen molar-refractivity contribution in [2.75, 3.05) is 33.0 Å². The van der Waals surface area contributed by atoms with E-state index in [1.54, 1.807) is 48.5 Å². The first-order chi connectivity index (χ1) is 28.7. The summed E-state index contributed by atoms with van der Waals surface area (Å²) in [6.45, 7) is 8.54. The molecule has 0 amide bonds. The van der Waals surface area contributed by atoms with Crippen molar-refractivity contribution in [2.45, 2.75) is 83.5 Å². The number of terminal acetylenes is 1. The first kappa shape index (κ1) is 47.0. The zero-order valence-electron chi connectivity index (χ0n) is 33.6. The van der Waals surface area contributed by atoms with Gasteiger partial charge in [0, 0.05) is 18.6 Å². The van der Waals surface area contributed by atoms with E-state index in [2.05, 4.69) is 19.1 Å². The zero-order chi connectivity index (χ0) is 42.5. The molecule has 0 aromatic heterocycles. The topological polar surface area (TPSA) is 150 Å². The van der Waals surface area contributed by atoms with Gasteiger partial charge in [0.25, 0.3) is 0 Å². The molecule has 0 unspecified atom stereocenters.